The number of carbonyl (C=O) groups is 1. The number of methoxy groups -OCH3 is 1. The van der Waals surface area contributed by atoms with Gasteiger partial charge in [-0.3, -0.25) is 4.79 Å². The fourth-order valence-corrected chi connectivity index (χ4v) is 2.96. The summed E-state index contributed by atoms with van der Waals surface area (Å²) in [5.74, 6) is 1.28. The molecule has 1 aliphatic rings. The molecule has 1 rings (SSSR count). The summed E-state index contributed by atoms with van der Waals surface area (Å²) in [6.45, 7) is 7.18. The van der Waals surface area contributed by atoms with Gasteiger partial charge in [-0.05, 0) is 44.2 Å². The first kappa shape index (κ1) is 17.4. The zero-order valence-electron chi connectivity index (χ0n) is 13.4. The van der Waals surface area contributed by atoms with E-state index in [0.29, 0.717) is 24.9 Å². The van der Waals surface area contributed by atoms with Gasteiger partial charge < -0.3 is 15.4 Å². The number of carbonyl (C=O) groups excluding carboxylic acids is 1. The monoisotopic (exact) mass is 284 g/mol. The van der Waals surface area contributed by atoms with Crippen LogP contribution in [0.2, 0.25) is 0 Å². The Morgan fingerprint density at radius 3 is 2.90 bits per heavy atom. The minimum absolute atomic E-state index is 0.170. The second-order valence-electron chi connectivity index (χ2n) is 6.15. The topological polar surface area (TPSA) is 50.4 Å². The molecule has 0 radical (unpaired) electrons. The van der Waals surface area contributed by atoms with Crippen molar-refractivity contribution >= 4 is 5.91 Å². The number of piperidine rings is 1. The van der Waals surface area contributed by atoms with E-state index in [0.717, 1.165) is 32.4 Å². The Kier molecular flexibility index (Phi) is 8.86. The highest BCUT2D eigenvalue weighted by Crippen LogP contribution is 2.22. The first-order chi connectivity index (χ1) is 9.67. The summed E-state index contributed by atoms with van der Waals surface area (Å²) in [4.78, 5) is 12.2. The molecule has 3 unspecified atom stereocenters. The molecule has 0 bridgehead atoms. The molecule has 1 heterocycles. The molecule has 3 atom stereocenters. The van der Waals surface area contributed by atoms with E-state index >= 15 is 0 Å². The summed E-state index contributed by atoms with van der Waals surface area (Å²) in [6.07, 6.45) is 6.42. The highest BCUT2D eigenvalue weighted by molar-refractivity contribution is 5.76. The summed E-state index contributed by atoms with van der Waals surface area (Å²) in [6, 6.07) is 0.170. The van der Waals surface area contributed by atoms with Gasteiger partial charge in [0.25, 0.3) is 0 Å². The Hall–Kier alpha value is -0.610. The summed E-state index contributed by atoms with van der Waals surface area (Å²) in [7, 11) is 1.70. The Morgan fingerprint density at radius 1 is 1.50 bits per heavy atom. The molecule has 4 nitrogen and oxygen atoms in total. The molecule has 1 saturated heterocycles. The lowest BCUT2D eigenvalue weighted by molar-refractivity contribution is -0.123. The van der Waals surface area contributed by atoms with Gasteiger partial charge in [-0.25, -0.2) is 0 Å². The van der Waals surface area contributed by atoms with E-state index in [1.165, 1.54) is 12.8 Å². The van der Waals surface area contributed by atoms with Gasteiger partial charge in [-0.1, -0.05) is 26.7 Å². The molecule has 0 aromatic carbocycles. The average Bonchev–Trinajstić information content (AvgIpc) is 2.45. The van der Waals surface area contributed by atoms with Crippen LogP contribution < -0.4 is 10.6 Å². The molecule has 0 aliphatic carbocycles. The van der Waals surface area contributed by atoms with Gasteiger partial charge in [-0.15, -0.1) is 0 Å². The van der Waals surface area contributed by atoms with Gasteiger partial charge >= 0.3 is 0 Å². The van der Waals surface area contributed by atoms with Crippen LogP contribution in [0.3, 0.4) is 0 Å². The quantitative estimate of drug-likeness (QED) is 0.683. The Balaban J connectivity index is 2.31. The molecule has 0 spiro atoms. The molecular weight excluding hydrogens is 252 g/mol. The third-order valence-corrected chi connectivity index (χ3v) is 4.29. The lowest BCUT2D eigenvalue weighted by atomic mass is 9.85. The second-order valence-corrected chi connectivity index (χ2v) is 6.15. The van der Waals surface area contributed by atoms with Crippen molar-refractivity contribution in [3.05, 3.63) is 0 Å². The highest BCUT2D eigenvalue weighted by atomic mass is 16.5. The van der Waals surface area contributed by atoms with Crippen molar-refractivity contribution in [2.24, 2.45) is 11.8 Å². The van der Waals surface area contributed by atoms with Crippen molar-refractivity contribution in [3.63, 3.8) is 0 Å². The summed E-state index contributed by atoms with van der Waals surface area (Å²) < 4.78 is 5.20. The van der Waals surface area contributed by atoms with Gasteiger partial charge in [0.15, 0.2) is 0 Å². The number of ether oxygens (including phenoxy) is 1. The molecule has 1 amide bonds. The molecular formula is C16H32N2O2. The van der Waals surface area contributed by atoms with E-state index in [-0.39, 0.29) is 11.9 Å². The SMILES string of the molecule is CCCCC(COC)NC(=O)CC(C)C1CCCNC1. The Morgan fingerprint density at radius 2 is 2.30 bits per heavy atom. The smallest absolute Gasteiger partial charge is 0.220 e. The van der Waals surface area contributed by atoms with Crippen molar-refractivity contribution in [1.82, 2.24) is 10.6 Å². The molecule has 1 aliphatic heterocycles. The normalized spacial score (nSPS) is 22.2. The van der Waals surface area contributed by atoms with E-state index in [9.17, 15) is 4.79 Å². The number of nitrogens with one attached hydrogen (secondary N) is 2. The van der Waals surface area contributed by atoms with Gasteiger partial charge in [0.05, 0.1) is 12.6 Å². The Labute approximate surface area is 124 Å². The molecule has 118 valence electrons. The fraction of sp³-hybridized carbons (Fsp3) is 0.938. The highest BCUT2D eigenvalue weighted by Gasteiger charge is 2.22. The predicted molar refractivity (Wildman–Crippen MR) is 82.7 cm³/mol. The zero-order valence-corrected chi connectivity index (χ0v) is 13.4. The molecule has 1 fully saturated rings. The third-order valence-electron chi connectivity index (χ3n) is 4.29. The van der Waals surface area contributed by atoms with E-state index < -0.39 is 0 Å². The van der Waals surface area contributed by atoms with Crippen molar-refractivity contribution in [1.29, 1.82) is 0 Å². The predicted octanol–water partition coefficient (Wildman–Crippen LogP) is 2.33. The fourth-order valence-electron chi connectivity index (χ4n) is 2.96. The number of unbranched alkanes of at least 4 members (excludes halogenated alkanes) is 1. The van der Waals surface area contributed by atoms with E-state index in [1.807, 2.05) is 0 Å². The molecule has 0 aromatic rings. The van der Waals surface area contributed by atoms with Crippen LogP contribution in [-0.4, -0.2) is 38.8 Å². The number of amides is 1. The summed E-state index contributed by atoms with van der Waals surface area (Å²) in [5, 5.41) is 6.56. The molecule has 20 heavy (non-hydrogen) atoms. The largest absolute Gasteiger partial charge is 0.383 e. The van der Waals surface area contributed by atoms with Crippen molar-refractivity contribution in [2.45, 2.75) is 58.4 Å². The van der Waals surface area contributed by atoms with E-state index in [2.05, 4.69) is 24.5 Å². The van der Waals surface area contributed by atoms with Gasteiger partial charge in [0, 0.05) is 13.5 Å². The van der Waals surface area contributed by atoms with Gasteiger partial charge in [-0.2, -0.15) is 0 Å². The lowest BCUT2D eigenvalue weighted by Crippen LogP contribution is -2.40. The maximum Gasteiger partial charge on any atom is 0.220 e. The maximum absolute atomic E-state index is 12.2. The van der Waals surface area contributed by atoms with E-state index in [1.54, 1.807) is 7.11 Å². The van der Waals surface area contributed by atoms with Crippen LogP contribution in [-0.2, 0) is 9.53 Å². The second kappa shape index (κ2) is 10.2. The third kappa shape index (κ3) is 6.71. The molecule has 0 aromatic heterocycles. The summed E-state index contributed by atoms with van der Waals surface area (Å²) >= 11 is 0. The number of rotatable bonds is 9. The summed E-state index contributed by atoms with van der Waals surface area (Å²) in [5.41, 5.74) is 0. The zero-order chi connectivity index (χ0) is 14.8. The van der Waals surface area contributed by atoms with Crippen LogP contribution in [0.1, 0.15) is 52.4 Å². The van der Waals surface area contributed by atoms with Crippen LogP contribution in [0.4, 0.5) is 0 Å². The lowest BCUT2D eigenvalue weighted by Gasteiger charge is -2.28. The minimum Gasteiger partial charge on any atom is -0.383 e. The van der Waals surface area contributed by atoms with Crippen LogP contribution in [0.25, 0.3) is 0 Å². The van der Waals surface area contributed by atoms with Gasteiger partial charge in [0.2, 0.25) is 5.91 Å². The number of hydrogen-bond acceptors (Lipinski definition) is 3. The Bertz CT molecular complexity index is 259. The van der Waals surface area contributed by atoms with Crippen molar-refractivity contribution in [2.75, 3.05) is 26.8 Å². The molecule has 4 heteroatoms. The van der Waals surface area contributed by atoms with E-state index in [4.69, 9.17) is 4.74 Å². The first-order valence-electron chi connectivity index (χ1n) is 8.16. The van der Waals surface area contributed by atoms with Crippen LogP contribution in [0.15, 0.2) is 0 Å². The first-order valence-corrected chi connectivity index (χ1v) is 8.16. The molecule has 0 saturated carbocycles. The maximum atomic E-state index is 12.2. The van der Waals surface area contributed by atoms with Crippen molar-refractivity contribution in [3.8, 4) is 0 Å². The molecule has 2 N–H and O–H groups in total. The van der Waals surface area contributed by atoms with Crippen LogP contribution >= 0.6 is 0 Å². The van der Waals surface area contributed by atoms with Gasteiger partial charge in [0.1, 0.15) is 0 Å². The minimum atomic E-state index is 0.170. The average molecular weight is 284 g/mol. The van der Waals surface area contributed by atoms with Crippen molar-refractivity contribution < 1.29 is 9.53 Å². The standard InChI is InChI=1S/C16H32N2O2/c1-4-5-8-15(12-20-3)18-16(19)10-13(2)14-7-6-9-17-11-14/h13-15,17H,4-12H2,1-3H3,(H,18,19). The number of hydrogen-bond donors (Lipinski definition) is 2. The van der Waals surface area contributed by atoms with Crippen LogP contribution in [0.5, 0.6) is 0 Å². The van der Waals surface area contributed by atoms with Crippen LogP contribution in [0, 0.1) is 11.8 Å².